The summed E-state index contributed by atoms with van der Waals surface area (Å²) in [6, 6.07) is 6.43. The van der Waals surface area contributed by atoms with Crippen molar-refractivity contribution >= 4 is 12.9 Å². The molecule has 0 radical (unpaired) electrons. The first-order valence-electron chi connectivity index (χ1n) is 6.22. The molecule has 1 N–H and O–H groups in total. The number of rotatable bonds is 8. The zero-order valence-electron chi connectivity index (χ0n) is 11.0. The van der Waals surface area contributed by atoms with Crippen molar-refractivity contribution in [1.29, 1.82) is 0 Å². The minimum Gasteiger partial charge on any atom is -0.497 e. The summed E-state index contributed by atoms with van der Waals surface area (Å²) in [6.45, 7) is 2.44. The lowest BCUT2D eigenvalue weighted by Crippen LogP contribution is -2.07. The maximum Gasteiger partial charge on any atom is 0.358 e. The molecule has 1 aromatic rings. The maximum atomic E-state index is 11.9. The number of methoxy groups -OCH3 is 1. The Morgan fingerprint density at radius 3 is 2.39 bits per heavy atom. The molecule has 5 heteroatoms. The fraction of sp³-hybridized carbons (Fsp3) is 0.538. The zero-order valence-corrected chi connectivity index (χ0v) is 11.9. The molecule has 0 saturated carbocycles. The number of hydrogen-bond acceptors (Lipinski definition) is 3. The van der Waals surface area contributed by atoms with Crippen LogP contribution in [0.5, 0.6) is 5.75 Å². The van der Waals surface area contributed by atoms with E-state index in [0.717, 1.165) is 25.7 Å². The smallest absolute Gasteiger partial charge is 0.358 e. The summed E-state index contributed by atoms with van der Waals surface area (Å²) in [7, 11) is -2.13. The molecule has 0 aromatic heterocycles. The van der Waals surface area contributed by atoms with Crippen LogP contribution in [-0.4, -0.2) is 18.6 Å². The maximum absolute atomic E-state index is 11.9. The van der Waals surface area contributed by atoms with E-state index in [9.17, 15) is 9.46 Å². The van der Waals surface area contributed by atoms with Gasteiger partial charge in [0.15, 0.2) is 0 Å². The third-order valence-corrected chi connectivity index (χ3v) is 4.15. The molecule has 0 bridgehead atoms. The molecule has 0 aliphatic rings. The van der Waals surface area contributed by atoms with E-state index in [2.05, 4.69) is 6.92 Å². The Kier molecular flexibility index (Phi) is 6.41. The van der Waals surface area contributed by atoms with Gasteiger partial charge in [-0.1, -0.05) is 26.2 Å². The predicted molar refractivity (Wildman–Crippen MR) is 72.5 cm³/mol. The van der Waals surface area contributed by atoms with Crippen molar-refractivity contribution in [2.24, 2.45) is 0 Å². The second kappa shape index (κ2) is 7.57. The van der Waals surface area contributed by atoms with Gasteiger partial charge in [-0.3, -0.25) is 4.57 Å². The third kappa shape index (κ3) is 4.81. The van der Waals surface area contributed by atoms with E-state index < -0.39 is 7.60 Å². The lowest BCUT2D eigenvalue weighted by Gasteiger charge is -2.12. The van der Waals surface area contributed by atoms with E-state index in [4.69, 9.17) is 9.26 Å². The van der Waals surface area contributed by atoms with Gasteiger partial charge in [-0.05, 0) is 30.7 Å². The minimum atomic E-state index is -3.68. The van der Waals surface area contributed by atoms with Gasteiger partial charge in [0.2, 0.25) is 0 Å². The second-order valence-corrected chi connectivity index (χ2v) is 5.93. The van der Waals surface area contributed by atoms with E-state index in [1.807, 2.05) is 0 Å². The first-order valence-corrected chi connectivity index (χ1v) is 7.80. The Hall–Kier alpha value is -0.830. The number of hydrogen-bond donors (Lipinski definition) is 1. The van der Waals surface area contributed by atoms with Crippen LogP contribution < -0.4 is 10.0 Å². The summed E-state index contributed by atoms with van der Waals surface area (Å²) < 4.78 is 22.0. The molecular formula is C13H21O4P. The molecule has 102 valence electrons. The van der Waals surface area contributed by atoms with Crippen LogP contribution in [0.3, 0.4) is 0 Å². The molecule has 1 rings (SSSR count). The number of benzene rings is 1. The summed E-state index contributed by atoms with van der Waals surface area (Å²) in [5, 5.41) is 0.304. The van der Waals surface area contributed by atoms with Crippen LogP contribution in [0.15, 0.2) is 24.3 Å². The lowest BCUT2D eigenvalue weighted by atomic mass is 10.2. The largest absolute Gasteiger partial charge is 0.497 e. The van der Waals surface area contributed by atoms with E-state index >= 15 is 0 Å². The highest BCUT2D eigenvalue weighted by atomic mass is 31.2. The first-order chi connectivity index (χ1) is 8.60. The predicted octanol–water partition coefficient (Wildman–Crippen LogP) is 3.10. The van der Waals surface area contributed by atoms with Gasteiger partial charge in [-0.15, -0.1) is 0 Å². The Balaban J connectivity index is 2.48. The quantitative estimate of drug-likeness (QED) is 0.583. The average molecular weight is 272 g/mol. The van der Waals surface area contributed by atoms with Crippen molar-refractivity contribution < 1.29 is 18.7 Å². The first kappa shape index (κ1) is 15.2. The molecule has 0 saturated heterocycles. The van der Waals surface area contributed by atoms with Crippen molar-refractivity contribution in [2.75, 3.05) is 13.7 Å². The van der Waals surface area contributed by atoms with E-state index in [0.29, 0.717) is 17.7 Å². The standard InChI is InChI=1S/C13H21O4P/c1-3-4-5-6-11-17-18(14,15)13-9-7-12(16-2)8-10-13/h7-10H,3-6,11H2,1-2H3,(H,14,15). The van der Waals surface area contributed by atoms with Gasteiger partial charge >= 0.3 is 7.60 Å². The van der Waals surface area contributed by atoms with Gasteiger partial charge in [0.1, 0.15) is 5.75 Å². The van der Waals surface area contributed by atoms with Gasteiger partial charge in [0, 0.05) is 0 Å². The molecule has 0 aliphatic heterocycles. The van der Waals surface area contributed by atoms with E-state index in [-0.39, 0.29) is 0 Å². The van der Waals surface area contributed by atoms with Gasteiger partial charge in [0.25, 0.3) is 0 Å². The number of unbranched alkanes of at least 4 members (excludes halogenated alkanes) is 3. The Labute approximate surface area is 108 Å². The topological polar surface area (TPSA) is 55.8 Å². The van der Waals surface area contributed by atoms with Crippen molar-refractivity contribution in [3.63, 3.8) is 0 Å². The van der Waals surface area contributed by atoms with Gasteiger partial charge < -0.3 is 14.2 Å². The molecule has 0 heterocycles. The Morgan fingerprint density at radius 2 is 1.83 bits per heavy atom. The van der Waals surface area contributed by atoms with Crippen LogP contribution in [0.2, 0.25) is 0 Å². The van der Waals surface area contributed by atoms with E-state index in [1.54, 1.807) is 31.4 Å². The van der Waals surface area contributed by atoms with Crippen LogP contribution in [0.4, 0.5) is 0 Å². The molecular weight excluding hydrogens is 251 g/mol. The Bertz CT molecular complexity index is 388. The molecule has 0 amide bonds. The number of ether oxygens (including phenoxy) is 1. The molecule has 18 heavy (non-hydrogen) atoms. The third-order valence-electron chi connectivity index (χ3n) is 2.66. The summed E-state index contributed by atoms with van der Waals surface area (Å²) >= 11 is 0. The van der Waals surface area contributed by atoms with Crippen LogP contribution in [-0.2, 0) is 9.09 Å². The highest BCUT2D eigenvalue weighted by Crippen LogP contribution is 2.41. The SMILES string of the molecule is CCCCCCOP(=O)(O)c1ccc(OC)cc1. The normalized spacial score (nSPS) is 14.2. The van der Waals surface area contributed by atoms with Crippen molar-refractivity contribution in [3.05, 3.63) is 24.3 Å². The van der Waals surface area contributed by atoms with Gasteiger partial charge in [-0.25, -0.2) is 0 Å². The summed E-state index contributed by atoms with van der Waals surface area (Å²) in [4.78, 5) is 9.80. The lowest BCUT2D eigenvalue weighted by molar-refractivity contribution is 0.262. The minimum absolute atomic E-state index is 0.304. The fourth-order valence-electron chi connectivity index (χ4n) is 1.56. The molecule has 1 aromatic carbocycles. The fourth-order valence-corrected chi connectivity index (χ4v) is 2.61. The highest BCUT2D eigenvalue weighted by molar-refractivity contribution is 7.61. The molecule has 1 unspecified atom stereocenters. The molecule has 0 fully saturated rings. The van der Waals surface area contributed by atoms with Crippen LogP contribution in [0.25, 0.3) is 0 Å². The second-order valence-electron chi connectivity index (χ2n) is 4.11. The molecule has 1 atom stereocenters. The molecule has 0 aliphatic carbocycles. The molecule has 0 spiro atoms. The Morgan fingerprint density at radius 1 is 1.17 bits per heavy atom. The van der Waals surface area contributed by atoms with Crippen LogP contribution >= 0.6 is 7.60 Å². The summed E-state index contributed by atoms with van der Waals surface area (Å²) in [5.74, 6) is 0.654. The van der Waals surface area contributed by atoms with Crippen molar-refractivity contribution in [3.8, 4) is 5.75 Å². The van der Waals surface area contributed by atoms with Crippen LogP contribution in [0, 0.1) is 0 Å². The van der Waals surface area contributed by atoms with Crippen molar-refractivity contribution in [2.45, 2.75) is 32.6 Å². The highest BCUT2D eigenvalue weighted by Gasteiger charge is 2.22. The van der Waals surface area contributed by atoms with Crippen LogP contribution in [0.1, 0.15) is 32.6 Å². The van der Waals surface area contributed by atoms with Gasteiger partial charge in [-0.2, -0.15) is 0 Å². The monoisotopic (exact) mass is 272 g/mol. The summed E-state index contributed by atoms with van der Waals surface area (Å²) in [5.41, 5.74) is 0. The van der Waals surface area contributed by atoms with E-state index in [1.165, 1.54) is 0 Å². The summed E-state index contributed by atoms with van der Waals surface area (Å²) in [6.07, 6.45) is 4.10. The zero-order chi connectivity index (χ0) is 13.4. The average Bonchev–Trinajstić information content (AvgIpc) is 2.38. The molecule has 4 nitrogen and oxygen atoms in total. The van der Waals surface area contributed by atoms with Gasteiger partial charge in [0.05, 0.1) is 19.0 Å². The van der Waals surface area contributed by atoms with Crippen molar-refractivity contribution in [1.82, 2.24) is 0 Å².